The van der Waals surface area contributed by atoms with E-state index in [-0.39, 0.29) is 18.7 Å². The first-order valence-electron chi connectivity index (χ1n) is 6.14. The van der Waals surface area contributed by atoms with Crippen LogP contribution in [0.15, 0.2) is 0 Å². The van der Waals surface area contributed by atoms with Gasteiger partial charge >= 0.3 is 12.1 Å². The first-order valence-corrected chi connectivity index (χ1v) is 6.14. The number of nitrogens with one attached hydrogen (secondary N) is 2. The standard InChI is InChI=1S/C12H22N2O5/c1-5-13-9(15)7-6-8(10(16)17)14-11(18)19-12(2,3)4/h8H,5-7H2,1-4H3,(H,13,15)(H,14,18)(H,16,17). The lowest BCUT2D eigenvalue weighted by atomic mass is 10.1. The highest BCUT2D eigenvalue weighted by Gasteiger charge is 2.24. The van der Waals surface area contributed by atoms with Crippen LogP contribution in [0, 0.1) is 0 Å². The average Bonchev–Trinajstić information content (AvgIpc) is 2.21. The van der Waals surface area contributed by atoms with Crippen molar-refractivity contribution >= 4 is 18.0 Å². The van der Waals surface area contributed by atoms with E-state index in [1.165, 1.54) is 0 Å². The molecule has 0 heterocycles. The van der Waals surface area contributed by atoms with E-state index in [0.29, 0.717) is 6.54 Å². The number of carboxylic acid groups (broad SMARTS) is 1. The van der Waals surface area contributed by atoms with Gasteiger partial charge in [0.1, 0.15) is 11.6 Å². The summed E-state index contributed by atoms with van der Waals surface area (Å²) < 4.78 is 4.96. The van der Waals surface area contributed by atoms with E-state index in [1.807, 2.05) is 0 Å². The van der Waals surface area contributed by atoms with Gasteiger partial charge in [0, 0.05) is 13.0 Å². The molecular weight excluding hydrogens is 252 g/mol. The first kappa shape index (κ1) is 17.2. The van der Waals surface area contributed by atoms with E-state index in [1.54, 1.807) is 27.7 Å². The summed E-state index contributed by atoms with van der Waals surface area (Å²) in [6.45, 7) is 7.28. The quantitative estimate of drug-likeness (QED) is 0.667. The van der Waals surface area contributed by atoms with Gasteiger partial charge in [-0.25, -0.2) is 9.59 Å². The first-order chi connectivity index (χ1) is 8.65. The Morgan fingerprint density at radius 1 is 1.26 bits per heavy atom. The molecule has 0 aromatic carbocycles. The van der Waals surface area contributed by atoms with Crippen molar-refractivity contribution in [3.05, 3.63) is 0 Å². The van der Waals surface area contributed by atoms with Crippen LogP contribution in [-0.2, 0) is 14.3 Å². The third-order valence-corrected chi connectivity index (χ3v) is 2.02. The lowest BCUT2D eigenvalue weighted by molar-refractivity contribution is -0.139. The molecule has 0 aromatic heterocycles. The molecule has 1 atom stereocenters. The smallest absolute Gasteiger partial charge is 0.408 e. The molecule has 3 N–H and O–H groups in total. The van der Waals surface area contributed by atoms with Crippen molar-refractivity contribution in [1.82, 2.24) is 10.6 Å². The zero-order valence-corrected chi connectivity index (χ0v) is 11.8. The van der Waals surface area contributed by atoms with Crippen LogP contribution in [0.25, 0.3) is 0 Å². The molecule has 110 valence electrons. The van der Waals surface area contributed by atoms with Crippen molar-refractivity contribution in [2.75, 3.05) is 6.54 Å². The van der Waals surface area contributed by atoms with Crippen LogP contribution in [0.3, 0.4) is 0 Å². The summed E-state index contributed by atoms with van der Waals surface area (Å²) >= 11 is 0. The Bertz CT molecular complexity index is 336. The second-order valence-corrected chi connectivity index (χ2v) is 5.03. The Kier molecular flexibility index (Phi) is 6.89. The van der Waals surface area contributed by atoms with Crippen LogP contribution in [0.4, 0.5) is 4.79 Å². The van der Waals surface area contributed by atoms with E-state index in [4.69, 9.17) is 9.84 Å². The van der Waals surface area contributed by atoms with Crippen LogP contribution < -0.4 is 10.6 Å². The molecule has 0 radical (unpaired) electrons. The summed E-state index contributed by atoms with van der Waals surface area (Å²) in [6.07, 6.45) is -0.767. The Balaban J connectivity index is 4.31. The molecule has 0 rings (SSSR count). The highest BCUT2D eigenvalue weighted by molar-refractivity contribution is 5.81. The Morgan fingerprint density at radius 2 is 1.84 bits per heavy atom. The summed E-state index contributed by atoms with van der Waals surface area (Å²) in [6, 6.07) is -1.14. The fourth-order valence-electron chi connectivity index (χ4n) is 1.27. The maximum absolute atomic E-state index is 11.4. The lowest BCUT2D eigenvalue weighted by Gasteiger charge is -2.21. The van der Waals surface area contributed by atoms with E-state index in [0.717, 1.165) is 0 Å². The Hall–Kier alpha value is -1.79. The summed E-state index contributed by atoms with van der Waals surface area (Å²) in [7, 11) is 0. The normalized spacial score (nSPS) is 12.4. The van der Waals surface area contributed by atoms with Crippen LogP contribution in [-0.4, -0.2) is 41.3 Å². The van der Waals surface area contributed by atoms with Crippen molar-refractivity contribution in [2.45, 2.75) is 52.2 Å². The van der Waals surface area contributed by atoms with Crippen molar-refractivity contribution in [3.63, 3.8) is 0 Å². The van der Waals surface area contributed by atoms with Crippen LogP contribution in [0.5, 0.6) is 0 Å². The van der Waals surface area contributed by atoms with E-state index in [9.17, 15) is 14.4 Å². The van der Waals surface area contributed by atoms with Crippen molar-refractivity contribution in [1.29, 1.82) is 0 Å². The number of carbonyl (C=O) groups is 3. The molecule has 2 amide bonds. The number of hydrogen-bond acceptors (Lipinski definition) is 4. The molecule has 7 nitrogen and oxygen atoms in total. The molecule has 19 heavy (non-hydrogen) atoms. The fraction of sp³-hybridized carbons (Fsp3) is 0.750. The predicted octanol–water partition coefficient (Wildman–Crippen LogP) is 0.881. The molecule has 7 heteroatoms. The van der Waals surface area contributed by atoms with Gasteiger partial charge in [0.05, 0.1) is 0 Å². The van der Waals surface area contributed by atoms with Crippen molar-refractivity contribution in [2.24, 2.45) is 0 Å². The number of ether oxygens (including phenoxy) is 1. The van der Waals surface area contributed by atoms with Crippen LogP contribution in [0.2, 0.25) is 0 Å². The molecule has 0 fully saturated rings. The minimum atomic E-state index is -1.20. The zero-order chi connectivity index (χ0) is 15.1. The Labute approximate surface area is 112 Å². The summed E-state index contributed by atoms with van der Waals surface area (Å²) in [4.78, 5) is 33.7. The maximum atomic E-state index is 11.4. The summed E-state index contributed by atoms with van der Waals surface area (Å²) in [5.74, 6) is -1.45. The molecule has 0 aliphatic rings. The molecule has 0 aromatic rings. The second-order valence-electron chi connectivity index (χ2n) is 5.03. The van der Waals surface area contributed by atoms with Crippen molar-refractivity contribution in [3.8, 4) is 0 Å². The predicted molar refractivity (Wildman–Crippen MR) is 68.7 cm³/mol. The van der Waals surface area contributed by atoms with Gasteiger partial charge in [-0.15, -0.1) is 0 Å². The molecule has 0 bridgehead atoms. The van der Waals surface area contributed by atoms with Crippen LogP contribution >= 0.6 is 0 Å². The van der Waals surface area contributed by atoms with Crippen molar-refractivity contribution < 1.29 is 24.2 Å². The van der Waals surface area contributed by atoms with E-state index in [2.05, 4.69) is 10.6 Å². The number of rotatable bonds is 6. The molecule has 0 aliphatic carbocycles. The molecule has 1 unspecified atom stereocenters. The summed E-state index contributed by atoms with van der Waals surface area (Å²) in [5.41, 5.74) is -0.702. The van der Waals surface area contributed by atoms with Crippen LogP contribution in [0.1, 0.15) is 40.5 Å². The summed E-state index contributed by atoms with van der Waals surface area (Å²) in [5, 5.41) is 13.7. The van der Waals surface area contributed by atoms with Gasteiger partial charge in [0.25, 0.3) is 0 Å². The minimum Gasteiger partial charge on any atom is -0.480 e. The number of alkyl carbamates (subject to hydrolysis) is 1. The van der Waals surface area contributed by atoms with Gasteiger partial charge < -0.3 is 20.5 Å². The van der Waals surface area contributed by atoms with E-state index < -0.39 is 23.7 Å². The van der Waals surface area contributed by atoms with Gasteiger partial charge in [-0.3, -0.25) is 4.79 Å². The SMILES string of the molecule is CCNC(=O)CCC(NC(=O)OC(C)(C)C)C(=O)O. The topological polar surface area (TPSA) is 105 Å². The third-order valence-electron chi connectivity index (χ3n) is 2.02. The largest absolute Gasteiger partial charge is 0.480 e. The van der Waals surface area contributed by atoms with Gasteiger partial charge in [-0.05, 0) is 34.1 Å². The lowest BCUT2D eigenvalue weighted by Crippen LogP contribution is -2.44. The van der Waals surface area contributed by atoms with Gasteiger partial charge in [0.15, 0.2) is 0 Å². The monoisotopic (exact) mass is 274 g/mol. The average molecular weight is 274 g/mol. The fourth-order valence-corrected chi connectivity index (χ4v) is 1.27. The van der Waals surface area contributed by atoms with Gasteiger partial charge in [-0.2, -0.15) is 0 Å². The molecular formula is C12H22N2O5. The highest BCUT2D eigenvalue weighted by atomic mass is 16.6. The zero-order valence-electron chi connectivity index (χ0n) is 11.8. The number of carbonyl (C=O) groups excluding carboxylic acids is 2. The molecule has 0 spiro atoms. The number of amides is 2. The van der Waals surface area contributed by atoms with Gasteiger partial charge in [-0.1, -0.05) is 0 Å². The van der Waals surface area contributed by atoms with Gasteiger partial charge in [0.2, 0.25) is 5.91 Å². The third kappa shape index (κ3) is 8.87. The van der Waals surface area contributed by atoms with E-state index >= 15 is 0 Å². The molecule has 0 saturated carbocycles. The number of hydrogen-bond donors (Lipinski definition) is 3. The maximum Gasteiger partial charge on any atom is 0.408 e. The molecule has 0 aliphatic heterocycles. The molecule has 0 saturated heterocycles. The second kappa shape index (κ2) is 7.60. The Morgan fingerprint density at radius 3 is 2.26 bits per heavy atom. The highest BCUT2D eigenvalue weighted by Crippen LogP contribution is 2.07. The number of carboxylic acids is 1. The minimum absolute atomic E-state index is 0.0143. The number of aliphatic carboxylic acids is 1.